The van der Waals surface area contributed by atoms with Gasteiger partial charge in [0, 0.05) is 11.0 Å². The Labute approximate surface area is 169 Å². The molecule has 4 aromatic rings. The molecule has 142 valence electrons. The van der Waals surface area contributed by atoms with Gasteiger partial charge in [-0.2, -0.15) is 9.78 Å². The van der Waals surface area contributed by atoms with Crippen LogP contribution in [0.2, 0.25) is 0 Å². The van der Waals surface area contributed by atoms with Gasteiger partial charge in [0.05, 0.1) is 21.5 Å². The van der Waals surface area contributed by atoms with Crippen LogP contribution in [0.1, 0.15) is 23.0 Å². The fraction of sp³-hybridized carbons (Fsp3) is 0.150. The SMILES string of the molecule is CCSc1ccccc1C(=O)Nc1cc(C)nn1-c1nc2ccc(F)cc2s1. The van der Waals surface area contributed by atoms with Gasteiger partial charge >= 0.3 is 0 Å². The van der Waals surface area contributed by atoms with E-state index in [4.69, 9.17) is 0 Å². The molecule has 2 aromatic carbocycles. The standard InChI is InChI=1S/C20H17FN4OS2/c1-3-27-16-7-5-4-6-14(16)19(26)23-18-10-12(2)24-25(18)20-22-15-9-8-13(21)11-17(15)28-20/h4-11H,3H2,1-2H3,(H,23,26). The summed E-state index contributed by atoms with van der Waals surface area (Å²) in [4.78, 5) is 18.3. The molecule has 2 heterocycles. The lowest BCUT2D eigenvalue weighted by Crippen LogP contribution is -2.16. The molecule has 0 saturated carbocycles. The van der Waals surface area contributed by atoms with Gasteiger partial charge in [0.2, 0.25) is 5.13 Å². The zero-order chi connectivity index (χ0) is 19.7. The fourth-order valence-electron chi connectivity index (χ4n) is 2.83. The lowest BCUT2D eigenvalue weighted by Gasteiger charge is -2.09. The van der Waals surface area contributed by atoms with Gasteiger partial charge in [0.25, 0.3) is 5.91 Å². The van der Waals surface area contributed by atoms with Crippen molar-refractivity contribution in [3.63, 3.8) is 0 Å². The molecule has 4 rings (SSSR count). The summed E-state index contributed by atoms with van der Waals surface area (Å²) in [7, 11) is 0. The second-order valence-corrected chi connectivity index (χ2v) is 8.39. The average Bonchev–Trinajstić information content (AvgIpc) is 3.24. The Hall–Kier alpha value is -2.71. The van der Waals surface area contributed by atoms with Crippen LogP contribution in [0.15, 0.2) is 53.4 Å². The fourth-order valence-corrected chi connectivity index (χ4v) is 4.59. The van der Waals surface area contributed by atoms with Crippen molar-refractivity contribution in [2.24, 2.45) is 0 Å². The molecule has 5 nitrogen and oxygen atoms in total. The Balaban J connectivity index is 1.69. The zero-order valence-corrected chi connectivity index (χ0v) is 16.9. The average molecular weight is 413 g/mol. The number of thiazole rings is 1. The van der Waals surface area contributed by atoms with Crippen LogP contribution in [-0.2, 0) is 0 Å². The maximum atomic E-state index is 13.5. The van der Waals surface area contributed by atoms with Gasteiger partial charge in [0.1, 0.15) is 11.6 Å². The molecule has 28 heavy (non-hydrogen) atoms. The van der Waals surface area contributed by atoms with E-state index in [2.05, 4.69) is 15.4 Å². The van der Waals surface area contributed by atoms with Crippen molar-refractivity contribution in [1.82, 2.24) is 14.8 Å². The van der Waals surface area contributed by atoms with Crippen LogP contribution in [0, 0.1) is 12.7 Å². The lowest BCUT2D eigenvalue weighted by atomic mass is 10.2. The summed E-state index contributed by atoms with van der Waals surface area (Å²) in [6.45, 7) is 3.90. The minimum Gasteiger partial charge on any atom is -0.306 e. The number of rotatable bonds is 5. The first-order valence-corrected chi connectivity index (χ1v) is 10.5. The highest BCUT2D eigenvalue weighted by Crippen LogP contribution is 2.29. The van der Waals surface area contributed by atoms with Crippen molar-refractivity contribution in [2.75, 3.05) is 11.1 Å². The number of aryl methyl sites for hydroxylation is 1. The summed E-state index contributed by atoms with van der Waals surface area (Å²) in [5, 5.41) is 7.97. The van der Waals surface area contributed by atoms with E-state index >= 15 is 0 Å². The van der Waals surface area contributed by atoms with E-state index in [1.165, 1.54) is 23.5 Å². The van der Waals surface area contributed by atoms with Crippen molar-refractivity contribution in [1.29, 1.82) is 0 Å². The largest absolute Gasteiger partial charge is 0.306 e. The molecule has 0 saturated heterocycles. The Morgan fingerprint density at radius 3 is 2.89 bits per heavy atom. The summed E-state index contributed by atoms with van der Waals surface area (Å²) < 4.78 is 15.8. The maximum absolute atomic E-state index is 13.5. The topological polar surface area (TPSA) is 59.8 Å². The van der Waals surface area contributed by atoms with Gasteiger partial charge < -0.3 is 5.32 Å². The number of carbonyl (C=O) groups excluding carboxylic acids is 1. The normalized spacial score (nSPS) is 11.1. The molecule has 0 aliphatic heterocycles. The number of halogens is 1. The third-order valence-electron chi connectivity index (χ3n) is 4.03. The van der Waals surface area contributed by atoms with Crippen molar-refractivity contribution >= 4 is 45.0 Å². The van der Waals surface area contributed by atoms with Crippen molar-refractivity contribution in [3.05, 3.63) is 65.6 Å². The van der Waals surface area contributed by atoms with E-state index in [0.717, 1.165) is 21.0 Å². The number of benzene rings is 2. The van der Waals surface area contributed by atoms with Gasteiger partial charge in [-0.1, -0.05) is 30.4 Å². The van der Waals surface area contributed by atoms with Crippen LogP contribution in [0.5, 0.6) is 0 Å². The number of anilines is 1. The molecule has 0 bridgehead atoms. The van der Waals surface area contributed by atoms with E-state index in [1.54, 1.807) is 34.6 Å². The number of nitrogens with one attached hydrogen (secondary N) is 1. The molecule has 8 heteroatoms. The summed E-state index contributed by atoms with van der Waals surface area (Å²) >= 11 is 2.94. The first-order valence-electron chi connectivity index (χ1n) is 8.71. The lowest BCUT2D eigenvalue weighted by molar-refractivity contribution is 0.102. The van der Waals surface area contributed by atoms with Crippen LogP contribution in [0.3, 0.4) is 0 Å². The predicted octanol–water partition coefficient (Wildman–Crippen LogP) is 5.29. The molecule has 1 amide bonds. The van der Waals surface area contributed by atoms with E-state index in [1.807, 2.05) is 32.0 Å². The number of thioether (sulfide) groups is 1. The Morgan fingerprint density at radius 1 is 1.25 bits per heavy atom. The minimum absolute atomic E-state index is 0.204. The molecule has 2 aromatic heterocycles. The zero-order valence-electron chi connectivity index (χ0n) is 15.3. The first-order chi connectivity index (χ1) is 13.5. The van der Waals surface area contributed by atoms with Crippen molar-refractivity contribution in [3.8, 4) is 5.13 Å². The van der Waals surface area contributed by atoms with Crippen LogP contribution < -0.4 is 5.32 Å². The second kappa shape index (κ2) is 7.73. The highest BCUT2D eigenvalue weighted by atomic mass is 32.2. The molecule has 0 atom stereocenters. The van der Waals surface area contributed by atoms with E-state index < -0.39 is 0 Å². The third-order valence-corrected chi connectivity index (χ3v) is 5.97. The van der Waals surface area contributed by atoms with Crippen LogP contribution in [-0.4, -0.2) is 26.4 Å². The summed E-state index contributed by atoms with van der Waals surface area (Å²) in [6, 6.07) is 13.8. The number of carbonyl (C=O) groups is 1. The first kappa shape index (κ1) is 18.6. The Kier molecular flexibility index (Phi) is 5.15. The number of fused-ring (bicyclic) bond motifs is 1. The van der Waals surface area contributed by atoms with Crippen LogP contribution in [0.4, 0.5) is 10.2 Å². The van der Waals surface area contributed by atoms with E-state index in [0.29, 0.717) is 22.0 Å². The van der Waals surface area contributed by atoms with Gasteiger partial charge in [-0.15, -0.1) is 11.8 Å². The second-order valence-electron chi connectivity index (χ2n) is 6.07. The Morgan fingerprint density at radius 2 is 2.07 bits per heavy atom. The summed E-state index contributed by atoms with van der Waals surface area (Å²) in [5.41, 5.74) is 2.06. The molecule has 1 N–H and O–H groups in total. The number of hydrogen-bond acceptors (Lipinski definition) is 5. The molecular weight excluding hydrogens is 395 g/mol. The van der Waals surface area contributed by atoms with Crippen LogP contribution in [0.25, 0.3) is 15.3 Å². The predicted molar refractivity (Wildman–Crippen MR) is 112 cm³/mol. The molecule has 0 aliphatic rings. The molecular formula is C20H17FN4OS2. The Bertz CT molecular complexity index is 1170. The van der Waals surface area contributed by atoms with E-state index in [9.17, 15) is 9.18 Å². The van der Waals surface area contributed by atoms with Crippen molar-refractivity contribution < 1.29 is 9.18 Å². The number of hydrogen-bond donors (Lipinski definition) is 1. The summed E-state index contributed by atoms with van der Waals surface area (Å²) in [6.07, 6.45) is 0. The van der Waals surface area contributed by atoms with E-state index in [-0.39, 0.29) is 11.7 Å². The molecule has 0 spiro atoms. The van der Waals surface area contributed by atoms with Gasteiger partial charge in [0.15, 0.2) is 0 Å². The third kappa shape index (κ3) is 3.65. The van der Waals surface area contributed by atoms with Gasteiger partial charge in [-0.05, 0) is 43.0 Å². The smallest absolute Gasteiger partial charge is 0.257 e. The highest BCUT2D eigenvalue weighted by Gasteiger charge is 2.17. The van der Waals surface area contributed by atoms with Crippen LogP contribution >= 0.6 is 23.1 Å². The highest BCUT2D eigenvalue weighted by molar-refractivity contribution is 7.99. The monoisotopic (exact) mass is 412 g/mol. The molecule has 0 radical (unpaired) electrons. The quantitative estimate of drug-likeness (QED) is 0.452. The maximum Gasteiger partial charge on any atom is 0.257 e. The molecule has 0 fully saturated rings. The molecule has 0 aliphatic carbocycles. The number of nitrogens with zero attached hydrogens (tertiary/aromatic N) is 3. The molecule has 0 unspecified atom stereocenters. The minimum atomic E-state index is -0.307. The van der Waals surface area contributed by atoms with Crippen molar-refractivity contribution in [2.45, 2.75) is 18.7 Å². The number of aromatic nitrogens is 3. The summed E-state index contributed by atoms with van der Waals surface area (Å²) in [5.74, 6) is 0.893. The van der Waals surface area contributed by atoms with Gasteiger partial charge in [-0.3, -0.25) is 4.79 Å². The van der Waals surface area contributed by atoms with Gasteiger partial charge in [-0.25, -0.2) is 9.37 Å². The number of amides is 1.